The van der Waals surface area contributed by atoms with E-state index in [0.717, 1.165) is 6.42 Å². The second kappa shape index (κ2) is 8.91. The van der Waals surface area contributed by atoms with Gasteiger partial charge in [-0.05, 0) is 36.8 Å². The molecule has 0 heterocycles. The summed E-state index contributed by atoms with van der Waals surface area (Å²) in [4.78, 5) is 0. The lowest BCUT2D eigenvalue weighted by Gasteiger charge is -2.27. The zero-order valence-electron chi connectivity index (χ0n) is 13.0. The van der Waals surface area contributed by atoms with Crippen molar-refractivity contribution in [1.29, 1.82) is 0 Å². The molecule has 0 radical (unpaired) electrons. The van der Waals surface area contributed by atoms with Crippen molar-refractivity contribution < 1.29 is 0 Å². The zero-order valence-corrected chi connectivity index (χ0v) is 13.8. The van der Waals surface area contributed by atoms with E-state index in [2.05, 4.69) is 91.7 Å². The molecule has 0 aliphatic carbocycles. The van der Waals surface area contributed by atoms with E-state index in [4.69, 9.17) is 0 Å². The number of hydrogen-bond acceptors (Lipinski definition) is 2. The zero-order chi connectivity index (χ0) is 14.9. The molecule has 2 aromatic carbocycles. The molecule has 1 nitrogen and oxygen atoms in total. The van der Waals surface area contributed by atoms with Crippen LogP contribution >= 0.6 is 11.8 Å². The Morgan fingerprint density at radius 2 is 1.57 bits per heavy atom. The van der Waals surface area contributed by atoms with Gasteiger partial charge >= 0.3 is 0 Å². The highest BCUT2D eigenvalue weighted by molar-refractivity contribution is 7.99. The van der Waals surface area contributed by atoms with Crippen LogP contribution in [0.2, 0.25) is 0 Å². The highest BCUT2D eigenvalue weighted by Crippen LogP contribution is 2.33. The highest BCUT2D eigenvalue weighted by atomic mass is 32.2. The third-order valence-corrected chi connectivity index (χ3v) is 5.27. The van der Waals surface area contributed by atoms with Gasteiger partial charge in [0.1, 0.15) is 0 Å². The molecule has 0 fully saturated rings. The fourth-order valence-corrected chi connectivity index (χ4v) is 3.86. The second-order valence-corrected chi connectivity index (χ2v) is 6.54. The lowest BCUT2D eigenvalue weighted by atomic mass is 9.98. The molecule has 112 valence electrons. The Bertz CT molecular complexity index is 497. The first-order valence-corrected chi connectivity index (χ1v) is 8.77. The SMILES string of the molecule is CCCSC(c1ccccc1)C(Cc1ccccc1)NC. The first-order chi connectivity index (χ1) is 10.3. The van der Waals surface area contributed by atoms with Gasteiger partial charge < -0.3 is 5.32 Å². The van der Waals surface area contributed by atoms with Crippen molar-refractivity contribution in [3.05, 3.63) is 71.8 Å². The van der Waals surface area contributed by atoms with Gasteiger partial charge in [0.05, 0.1) is 0 Å². The summed E-state index contributed by atoms with van der Waals surface area (Å²) >= 11 is 2.06. The molecule has 0 saturated heterocycles. The number of benzene rings is 2. The van der Waals surface area contributed by atoms with E-state index in [-0.39, 0.29) is 0 Å². The standard InChI is InChI=1S/C19H25NS/c1-3-14-21-19(17-12-8-5-9-13-17)18(20-2)15-16-10-6-4-7-11-16/h4-13,18-20H,3,14-15H2,1-2H3. The van der Waals surface area contributed by atoms with Crippen LogP contribution in [0, 0.1) is 0 Å². The number of hydrogen-bond donors (Lipinski definition) is 1. The molecular formula is C19H25NS. The number of rotatable bonds is 8. The molecule has 2 rings (SSSR count). The van der Waals surface area contributed by atoms with E-state index in [0.29, 0.717) is 11.3 Å². The first-order valence-electron chi connectivity index (χ1n) is 7.73. The van der Waals surface area contributed by atoms with Crippen LogP contribution in [0.25, 0.3) is 0 Å². The first kappa shape index (κ1) is 16.1. The molecule has 2 atom stereocenters. The van der Waals surface area contributed by atoms with Crippen molar-refractivity contribution >= 4 is 11.8 Å². The summed E-state index contributed by atoms with van der Waals surface area (Å²) < 4.78 is 0. The van der Waals surface area contributed by atoms with Gasteiger partial charge in [-0.2, -0.15) is 11.8 Å². The third-order valence-electron chi connectivity index (χ3n) is 3.66. The van der Waals surface area contributed by atoms with Crippen LogP contribution < -0.4 is 5.32 Å². The van der Waals surface area contributed by atoms with E-state index in [1.54, 1.807) is 0 Å². The van der Waals surface area contributed by atoms with Crippen molar-refractivity contribution in [2.75, 3.05) is 12.8 Å². The molecule has 0 aliphatic rings. The Balaban J connectivity index is 2.16. The van der Waals surface area contributed by atoms with Crippen LogP contribution in [0.4, 0.5) is 0 Å². The van der Waals surface area contributed by atoms with Gasteiger partial charge in [0.15, 0.2) is 0 Å². The summed E-state index contributed by atoms with van der Waals surface area (Å²) in [5.41, 5.74) is 2.82. The summed E-state index contributed by atoms with van der Waals surface area (Å²) in [6.45, 7) is 2.25. The molecule has 2 unspecified atom stereocenters. The highest BCUT2D eigenvalue weighted by Gasteiger charge is 2.22. The minimum Gasteiger partial charge on any atom is -0.315 e. The molecule has 0 spiro atoms. The monoisotopic (exact) mass is 299 g/mol. The average molecular weight is 299 g/mol. The van der Waals surface area contributed by atoms with Crippen LogP contribution in [0.1, 0.15) is 29.7 Å². The Kier molecular flexibility index (Phi) is 6.84. The van der Waals surface area contributed by atoms with Crippen molar-refractivity contribution in [2.45, 2.75) is 31.1 Å². The van der Waals surface area contributed by atoms with E-state index < -0.39 is 0 Å². The molecule has 0 amide bonds. The number of nitrogens with one attached hydrogen (secondary N) is 1. The quantitative estimate of drug-likeness (QED) is 0.758. The molecule has 0 bridgehead atoms. The summed E-state index contributed by atoms with van der Waals surface area (Å²) in [5, 5.41) is 4.03. The Morgan fingerprint density at radius 3 is 2.14 bits per heavy atom. The average Bonchev–Trinajstić information content (AvgIpc) is 2.56. The second-order valence-electron chi connectivity index (χ2n) is 5.29. The van der Waals surface area contributed by atoms with Crippen LogP contribution in [-0.2, 0) is 6.42 Å². The van der Waals surface area contributed by atoms with Crippen molar-refractivity contribution in [3.8, 4) is 0 Å². The molecule has 2 aromatic rings. The molecule has 21 heavy (non-hydrogen) atoms. The van der Waals surface area contributed by atoms with Gasteiger partial charge in [-0.15, -0.1) is 0 Å². The Labute approximate surface area is 133 Å². The lowest BCUT2D eigenvalue weighted by molar-refractivity contribution is 0.547. The van der Waals surface area contributed by atoms with Crippen LogP contribution in [0.3, 0.4) is 0 Å². The maximum atomic E-state index is 3.54. The van der Waals surface area contributed by atoms with Crippen molar-refractivity contribution in [1.82, 2.24) is 5.32 Å². The maximum Gasteiger partial charge on any atom is 0.0453 e. The van der Waals surface area contributed by atoms with E-state index in [1.165, 1.54) is 23.3 Å². The minimum atomic E-state index is 0.450. The Morgan fingerprint density at radius 1 is 0.952 bits per heavy atom. The molecule has 0 aromatic heterocycles. The third kappa shape index (κ3) is 4.90. The predicted octanol–water partition coefficient (Wildman–Crippen LogP) is 4.70. The summed E-state index contributed by atoms with van der Waals surface area (Å²) in [6.07, 6.45) is 2.28. The predicted molar refractivity (Wildman–Crippen MR) is 94.9 cm³/mol. The molecule has 2 heteroatoms. The van der Waals surface area contributed by atoms with Gasteiger partial charge in [0.25, 0.3) is 0 Å². The van der Waals surface area contributed by atoms with Gasteiger partial charge in [-0.25, -0.2) is 0 Å². The fourth-order valence-electron chi connectivity index (χ4n) is 2.56. The van der Waals surface area contributed by atoms with E-state index in [1.807, 2.05) is 0 Å². The normalized spacial score (nSPS) is 13.8. The molecule has 1 N–H and O–H groups in total. The van der Waals surface area contributed by atoms with Gasteiger partial charge in [-0.3, -0.25) is 0 Å². The topological polar surface area (TPSA) is 12.0 Å². The maximum absolute atomic E-state index is 3.54. The van der Waals surface area contributed by atoms with Gasteiger partial charge in [-0.1, -0.05) is 67.6 Å². The fraction of sp³-hybridized carbons (Fsp3) is 0.368. The van der Waals surface area contributed by atoms with Crippen molar-refractivity contribution in [3.63, 3.8) is 0 Å². The molecule has 0 saturated carbocycles. The Hall–Kier alpha value is -1.25. The summed E-state index contributed by atoms with van der Waals surface area (Å²) in [7, 11) is 2.08. The number of likely N-dealkylation sites (N-methyl/N-ethyl adjacent to an activating group) is 1. The van der Waals surface area contributed by atoms with Crippen LogP contribution in [0.15, 0.2) is 60.7 Å². The summed E-state index contributed by atoms with van der Waals surface area (Å²) in [5.74, 6) is 1.20. The molecule has 0 aliphatic heterocycles. The lowest BCUT2D eigenvalue weighted by Crippen LogP contribution is -2.33. The van der Waals surface area contributed by atoms with E-state index >= 15 is 0 Å². The van der Waals surface area contributed by atoms with Gasteiger partial charge in [0.2, 0.25) is 0 Å². The largest absolute Gasteiger partial charge is 0.315 e. The van der Waals surface area contributed by atoms with Crippen molar-refractivity contribution in [2.24, 2.45) is 0 Å². The molecular weight excluding hydrogens is 274 g/mol. The number of thioether (sulfide) groups is 1. The smallest absolute Gasteiger partial charge is 0.0453 e. The minimum absolute atomic E-state index is 0.450. The summed E-state index contributed by atoms with van der Waals surface area (Å²) in [6, 6.07) is 22.1. The van der Waals surface area contributed by atoms with Crippen LogP contribution in [0.5, 0.6) is 0 Å². The van der Waals surface area contributed by atoms with Crippen LogP contribution in [-0.4, -0.2) is 18.8 Å². The van der Waals surface area contributed by atoms with Gasteiger partial charge in [0, 0.05) is 11.3 Å². The van der Waals surface area contributed by atoms with E-state index in [9.17, 15) is 0 Å².